The molecule has 0 bridgehead atoms. The first kappa shape index (κ1) is 16.2. The van der Waals surface area contributed by atoms with Gasteiger partial charge in [0.1, 0.15) is 0 Å². The summed E-state index contributed by atoms with van der Waals surface area (Å²) in [4.78, 5) is 2.36. The Kier molecular flexibility index (Phi) is 6.43. The summed E-state index contributed by atoms with van der Waals surface area (Å²) in [6.45, 7) is 7.44. The molecule has 0 amide bonds. The first-order chi connectivity index (χ1) is 10.1. The van der Waals surface area contributed by atoms with Gasteiger partial charge in [-0.25, -0.2) is 0 Å². The summed E-state index contributed by atoms with van der Waals surface area (Å²) in [6, 6.07) is 11.8. The number of hydrogen-bond donors (Lipinski definition) is 1. The number of nitrogens with one attached hydrogen (secondary N) is 1. The lowest BCUT2D eigenvalue weighted by molar-refractivity contribution is 0.319. The zero-order valence-electron chi connectivity index (χ0n) is 13.3. The molecule has 2 nitrogen and oxygen atoms in total. The lowest BCUT2D eigenvalue weighted by Crippen LogP contribution is -2.24. The predicted molar refractivity (Wildman–Crippen MR) is 92.8 cm³/mol. The number of rotatable bonds is 8. The van der Waals surface area contributed by atoms with Crippen molar-refractivity contribution >= 4 is 11.3 Å². The van der Waals surface area contributed by atoms with E-state index < -0.39 is 0 Å². The highest BCUT2D eigenvalue weighted by Crippen LogP contribution is 2.12. The van der Waals surface area contributed by atoms with Gasteiger partial charge in [-0.1, -0.05) is 38.1 Å². The van der Waals surface area contributed by atoms with E-state index >= 15 is 0 Å². The molecule has 0 aliphatic carbocycles. The fourth-order valence-electron chi connectivity index (χ4n) is 2.38. The molecule has 0 atom stereocenters. The molecular weight excluding hydrogens is 276 g/mol. The Hall–Kier alpha value is -1.16. The quantitative estimate of drug-likeness (QED) is 0.795. The Morgan fingerprint density at radius 3 is 2.29 bits per heavy atom. The summed E-state index contributed by atoms with van der Waals surface area (Å²) in [5, 5.41) is 7.82. The zero-order chi connectivity index (χ0) is 15.1. The molecule has 3 heteroatoms. The fourth-order valence-corrected chi connectivity index (χ4v) is 3.04. The number of nitrogens with zero attached hydrogens (tertiary/aromatic N) is 1. The average molecular weight is 302 g/mol. The summed E-state index contributed by atoms with van der Waals surface area (Å²) < 4.78 is 0. The van der Waals surface area contributed by atoms with Gasteiger partial charge in [-0.15, -0.1) is 0 Å². The van der Waals surface area contributed by atoms with E-state index in [1.54, 1.807) is 11.3 Å². The first-order valence-electron chi connectivity index (χ1n) is 7.64. The van der Waals surface area contributed by atoms with Crippen molar-refractivity contribution in [3.63, 3.8) is 0 Å². The third-order valence-corrected chi connectivity index (χ3v) is 4.21. The monoisotopic (exact) mass is 302 g/mol. The molecule has 0 aliphatic heterocycles. The Morgan fingerprint density at radius 2 is 1.67 bits per heavy atom. The number of benzene rings is 1. The van der Waals surface area contributed by atoms with E-state index in [4.69, 9.17) is 0 Å². The maximum absolute atomic E-state index is 3.46. The molecule has 1 aromatic carbocycles. The Morgan fingerprint density at radius 1 is 1.00 bits per heavy atom. The number of thiophene rings is 1. The van der Waals surface area contributed by atoms with Crippen LogP contribution in [-0.4, -0.2) is 24.5 Å². The summed E-state index contributed by atoms with van der Waals surface area (Å²) in [5.74, 6) is 0. The molecule has 0 unspecified atom stereocenters. The van der Waals surface area contributed by atoms with Crippen LogP contribution in [0.25, 0.3) is 0 Å². The molecule has 0 saturated heterocycles. The molecule has 1 heterocycles. The largest absolute Gasteiger partial charge is 0.314 e. The van der Waals surface area contributed by atoms with E-state index in [9.17, 15) is 0 Å². The van der Waals surface area contributed by atoms with Gasteiger partial charge in [-0.3, -0.25) is 4.90 Å². The molecule has 21 heavy (non-hydrogen) atoms. The minimum absolute atomic E-state index is 0.565. The van der Waals surface area contributed by atoms with Gasteiger partial charge >= 0.3 is 0 Å². The molecule has 0 spiro atoms. The normalized spacial score (nSPS) is 11.5. The molecule has 0 fully saturated rings. The zero-order valence-corrected chi connectivity index (χ0v) is 14.1. The lowest BCUT2D eigenvalue weighted by atomic mass is 10.1. The van der Waals surface area contributed by atoms with Crippen LogP contribution in [0.5, 0.6) is 0 Å². The smallest absolute Gasteiger partial charge is 0.0242 e. The van der Waals surface area contributed by atoms with E-state index in [1.807, 2.05) is 0 Å². The van der Waals surface area contributed by atoms with Crippen LogP contribution in [-0.2, 0) is 19.5 Å². The second kappa shape index (κ2) is 8.32. The topological polar surface area (TPSA) is 15.3 Å². The molecule has 0 aliphatic rings. The molecule has 1 aromatic heterocycles. The van der Waals surface area contributed by atoms with Crippen LogP contribution < -0.4 is 5.32 Å². The van der Waals surface area contributed by atoms with Crippen LogP contribution in [0.1, 0.15) is 30.5 Å². The van der Waals surface area contributed by atoms with E-state index in [0.29, 0.717) is 6.04 Å². The Bertz CT molecular complexity index is 503. The number of hydrogen-bond acceptors (Lipinski definition) is 3. The van der Waals surface area contributed by atoms with Gasteiger partial charge in [0.05, 0.1) is 0 Å². The SMILES string of the molecule is CC(C)NCCc1ccc(CN(C)Cc2ccsc2)cc1. The first-order valence-corrected chi connectivity index (χ1v) is 8.58. The summed E-state index contributed by atoms with van der Waals surface area (Å²) in [6.07, 6.45) is 1.10. The maximum Gasteiger partial charge on any atom is 0.0242 e. The third-order valence-electron chi connectivity index (χ3n) is 3.47. The van der Waals surface area contributed by atoms with Crippen LogP contribution in [0.2, 0.25) is 0 Å². The van der Waals surface area contributed by atoms with Crippen LogP contribution in [0.3, 0.4) is 0 Å². The highest BCUT2D eigenvalue weighted by atomic mass is 32.1. The van der Waals surface area contributed by atoms with Crippen molar-refractivity contribution in [1.82, 2.24) is 10.2 Å². The van der Waals surface area contributed by atoms with Crippen LogP contribution >= 0.6 is 11.3 Å². The Balaban J connectivity index is 1.78. The standard InChI is InChI=1S/C18H26N2S/c1-15(2)19-10-8-16-4-6-17(7-5-16)12-20(3)13-18-9-11-21-14-18/h4-7,9,11,14-15,19H,8,10,12-13H2,1-3H3. The van der Waals surface area contributed by atoms with Gasteiger partial charge < -0.3 is 5.32 Å². The van der Waals surface area contributed by atoms with Gasteiger partial charge in [0.2, 0.25) is 0 Å². The van der Waals surface area contributed by atoms with Gasteiger partial charge in [-0.05, 0) is 53.5 Å². The second-order valence-electron chi connectivity index (χ2n) is 5.98. The highest BCUT2D eigenvalue weighted by Gasteiger charge is 2.03. The van der Waals surface area contributed by atoms with Crippen LogP contribution in [0.4, 0.5) is 0 Å². The van der Waals surface area contributed by atoms with Crippen molar-refractivity contribution in [2.45, 2.75) is 39.4 Å². The maximum atomic E-state index is 3.46. The molecule has 0 saturated carbocycles. The molecule has 2 aromatic rings. The van der Waals surface area contributed by atoms with Crippen molar-refractivity contribution < 1.29 is 0 Å². The van der Waals surface area contributed by atoms with Gasteiger partial charge in [0.15, 0.2) is 0 Å². The lowest BCUT2D eigenvalue weighted by Gasteiger charge is -2.16. The van der Waals surface area contributed by atoms with Crippen molar-refractivity contribution in [3.05, 3.63) is 57.8 Å². The van der Waals surface area contributed by atoms with E-state index in [2.05, 4.69) is 72.2 Å². The summed E-state index contributed by atoms with van der Waals surface area (Å²) in [7, 11) is 2.18. The fraction of sp³-hybridized carbons (Fsp3) is 0.444. The molecule has 0 radical (unpaired) electrons. The second-order valence-corrected chi connectivity index (χ2v) is 6.76. The van der Waals surface area contributed by atoms with Crippen LogP contribution in [0, 0.1) is 0 Å². The van der Waals surface area contributed by atoms with Gasteiger partial charge in [0, 0.05) is 19.1 Å². The minimum atomic E-state index is 0.565. The van der Waals surface area contributed by atoms with E-state index in [-0.39, 0.29) is 0 Å². The van der Waals surface area contributed by atoms with Crippen molar-refractivity contribution in [2.24, 2.45) is 0 Å². The average Bonchev–Trinajstić information content (AvgIpc) is 2.93. The van der Waals surface area contributed by atoms with E-state index in [1.165, 1.54) is 16.7 Å². The van der Waals surface area contributed by atoms with Crippen molar-refractivity contribution in [1.29, 1.82) is 0 Å². The third kappa shape index (κ3) is 6.00. The Labute approximate surface area is 132 Å². The predicted octanol–water partition coefficient (Wildman–Crippen LogP) is 3.92. The van der Waals surface area contributed by atoms with Crippen molar-refractivity contribution in [3.8, 4) is 0 Å². The van der Waals surface area contributed by atoms with Gasteiger partial charge in [-0.2, -0.15) is 11.3 Å². The molecule has 114 valence electrons. The van der Waals surface area contributed by atoms with Gasteiger partial charge in [0.25, 0.3) is 0 Å². The van der Waals surface area contributed by atoms with Crippen LogP contribution in [0.15, 0.2) is 41.1 Å². The molecular formula is C18H26N2S. The van der Waals surface area contributed by atoms with Crippen molar-refractivity contribution in [2.75, 3.05) is 13.6 Å². The summed E-state index contributed by atoms with van der Waals surface area (Å²) in [5.41, 5.74) is 4.19. The molecule has 2 rings (SSSR count). The molecule has 1 N–H and O–H groups in total. The highest BCUT2D eigenvalue weighted by molar-refractivity contribution is 7.07. The summed E-state index contributed by atoms with van der Waals surface area (Å²) >= 11 is 1.77. The minimum Gasteiger partial charge on any atom is -0.314 e. The van der Waals surface area contributed by atoms with E-state index in [0.717, 1.165) is 26.1 Å².